The van der Waals surface area contributed by atoms with E-state index in [9.17, 15) is 4.79 Å². The highest BCUT2D eigenvalue weighted by molar-refractivity contribution is 5.96. The number of nitrogens with zero attached hydrogens (tertiary/aromatic N) is 2. The summed E-state index contributed by atoms with van der Waals surface area (Å²) in [6.45, 7) is 10.9. The Morgan fingerprint density at radius 1 is 1.00 bits per heavy atom. The van der Waals surface area contributed by atoms with E-state index < -0.39 is 6.10 Å². The van der Waals surface area contributed by atoms with Crippen molar-refractivity contribution in [3.63, 3.8) is 0 Å². The molecular formula is C25H31N3O5. The van der Waals surface area contributed by atoms with Gasteiger partial charge in [0.2, 0.25) is 5.82 Å². The Morgan fingerprint density at radius 3 is 2.45 bits per heavy atom. The fourth-order valence-electron chi connectivity index (χ4n) is 3.09. The second-order valence-corrected chi connectivity index (χ2v) is 7.77. The summed E-state index contributed by atoms with van der Waals surface area (Å²) >= 11 is 0. The van der Waals surface area contributed by atoms with Crippen molar-refractivity contribution in [2.24, 2.45) is 0 Å². The van der Waals surface area contributed by atoms with Gasteiger partial charge < -0.3 is 19.5 Å². The van der Waals surface area contributed by atoms with Crippen LogP contribution in [0.3, 0.4) is 0 Å². The molecule has 0 saturated carbocycles. The van der Waals surface area contributed by atoms with Gasteiger partial charge in [-0.3, -0.25) is 4.79 Å². The second-order valence-electron chi connectivity index (χ2n) is 7.77. The number of aryl methyl sites for hydroxylation is 1. The van der Waals surface area contributed by atoms with Gasteiger partial charge in [-0.1, -0.05) is 26.0 Å². The molecule has 8 heteroatoms. The number of hydrogen-bond acceptors (Lipinski definition) is 7. The number of benzene rings is 2. The first kappa shape index (κ1) is 24.1. The predicted molar refractivity (Wildman–Crippen MR) is 126 cm³/mol. The molecule has 1 heterocycles. The minimum absolute atomic E-state index is 0.208. The van der Waals surface area contributed by atoms with Crippen molar-refractivity contribution in [2.75, 3.05) is 18.5 Å². The molecule has 0 spiro atoms. The van der Waals surface area contributed by atoms with E-state index in [2.05, 4.69) is 15.6 Å². The van der Waals surface area contributed by atoms with Gasteiger partial charge in [-0.05, 0) is 79.3 Å². The highest BCUT2D eigenvalue weighted by atomic mass is 16.6. The minimum atomic E-state index is -0.747. The number of hydrogen-bond donors (Lipinski definition) is 1. The van der Waals surface area contributed by atoms with Crippen LogP contribution in [-0.2, 0) is 4.79 Å². The zero-order valence-electron chi connectivity index (χ0n) is 19.8. The molecule has 0 bridgehead atoms. The smallest absolute Gasteiger partial charge is 0.266 e. The first-order valence-corrected chi connectivity index (χ1v) is 11.2. The van der Waals surface area contributed by atoms with E-state index in [4.69, 9.17) is 18.8 Å². The lowest BCUT2D eigenvalue weighted by atomic mass is 10.1. The second kappa shape index (κ2) is 11.4. The molecule has 0 aliphatic rings. The topological polar surface area (TPSA) is 95.7 Å². The van der Waals surface area contributed by atoms with Crippen molar-refractivity contribution in [3.05, 3.63) is 47.5 Å². The van der Waals surface area contributed by atoms with Crippen LogP contribution in [0.5, 0.6) is 17.2 Å². The molecule has 0 saturated heterocycles. The molecule has 8 nitrogen and oxygen atoms in total. The average molecular weight is 454 g/mol. The predicted octanol–water partition coefficient (Wildman–Crippen LogP) is 5.34. The van der Waals surface area contributed by atoms with Crippen molar-refractivity contribution in [3.8, 4) is 28.5 Å². The van der Waals surface area contributed by atoms with Crippen LogP contribution in [0.4, 0.5) is 5.82 Å². The number of amides is 1. The maximum atomic E-state index is 12.8. The van der Waals surface area contributed by atoms with E-state index in [-0.39, 0.29) is 11.7 Å². The van der Waals surface area contributed by atoms with Gasteiger partial charge in [0.1, 0.15) is 5.75 Å². The Kier molecular flexibility index (Phi) is 8.29. The summed E-state index contributed by atoms with van der Waals surface area (Å²) < 4.78 is 22.4. The monoisotopic (exact) mass is 453 g/mol. The van der Waals surface area contributed by atoms with Gasteiger partial charge in [0.05, 0.1) is 13.2 Å². The van der Waals surface area contributed by atoms with Crippen molar-refractivity contribution < 1.29 is 23.6 Å². The number of carbonyl (C=O) groups excluding carboxylic acids is 1. The van der Waals surface area contributed by atoms with E-state index in [1.54, 1.807) is 6.92 Å². The van der Waals surface area contributed by atoms with E-state index >= 15 is 0 Å². The molecule has 0 radical (unpaired) electrons. The SMILES string of the molecule is CCCOc1ccc(-c2nonc2NC(=O)C(C)Oc2cccc(C)c2C)cc1OCCC. The standard InChI is InChI=1S/C25H31N3O5/c1-6-13-30-21-12-11-19(15-22(21)31-14-7-2)23-24(28-33-27-23)26-25(29)18(5)32-20-10-8-9-16(3)17(20)4/h8-12,15,18H,6-7,13-14H2,1-5H3,(H,26,28,29). The van der Waals surface area contributed by atoms with Gasteiger partial charge >= 0.3 is 0 Å². The van der Waals surface area contributed by atoms with Crippen LogP contribution in [0.2, 0.25) is 0 Å². The number of carbonyl (C=O) groups is 1. The van der Waals surface area contributed by atoms with Gasteiger partial charge in [0.25, 0.3) is 5.91 Å². The first-order chi connectivity index (χ1) is 15.9. The number of ether oxygens (including phenoxy) is 3. The third kappa shape index (κ3) is 6.03. The van der Waals surface area contributed by atoms with Gasteiger partial charge in [-0.2, -0.15) is 0 Å². The van der Waals surface area contributed by atoms with Crippen LogP contribution < -0.4 is 19.5 Å². The Labute approximate surface area is 194 Å². The normalized spacial score (nSPS) is 11.7. The van der Waals surface area contributed by atoms with Gasteiger partial charge in [0.15, 0.2) is 23.3 Å². The molecule has 3 aromatic rings. The molecule has 0 fully saturated rings. The fraction of sp³-hybridized carbons (Fsp3) is 0.400. The summed E-state index contributed by atoms with van der Waals surface area (Å²) in [5.41, 5.74) is 3.16. The summed E-state index contributed by atoms with van der Waals surface area (Å²) in [5, 5.41) is 10.6. The first-order valence-electron chi connectivity index (χ1n) is 11.2. The maximum Gasteiger partial charge on any atom is 0.266 e. The minimum Gasteiger partial charge on any atom is -0.490 e. The van der Waals surface area contributed by atoms with E-state index in [1.165, 1.54) is 0 Å². The molecule has 33 heavy (non-hydrogen) atoms. The summed E-state index contributed by atoms with van der Waals surface area (Å²) in [6.07, 6.45) is 1.01. The molecule has 1 atom stereocenters. The van der Waals surface area contributed by atoms with Crippen LogP contribution in [0.25, 0.3) is 11.3 Å². The lowest BCUT2D eigenvalue weighted by molar-refractivity contribution is -0.122. The fourth-order valence-corrected chi connectivity index (χ4v) is 3.09. The number of anilines is 1. The number of rotatable bonds is 11. The van der Waals surface area contributed by atoms with Crippen LogP contribution >= 0.6 is 0 Å². The summed E-state index contributed by atoms with van der Waals surface area (Å²) in [4.78, 5) is 12.8. The zero-order chi connectivity index (χ0) is 23.8. The van der Waals surface area contributed by atoms with E-state index in [0.29, 0.717) is 41.7 Å². The molecule has 2 aromatic carbocycles. The zero-order valence-corrected chi connectivity index (χ0v) is 19.8. The Balaban J connectivity index is 1.77. The van der Waals surface area contributed by atoms with Crippen LogP contribution in [0.15, 0.2) is 41.0 Å². The van der Waals surface area contributed by atoms with Crippen molar-refractivity contribution in [1.82, 2.24) is 10.3 Å². The summed E-state index contributed by atoms with van der Waals surface area (Å²) in [6, 6.07) is 11.2. The highest BCUT2D eigenvalue weighted by Crippen LogP contribution is 2.34. The van der Waals surface area contributed by atoms with E-state index in [0.717, 1.165) is 24.0 Å². The molecule has 0 aliphatic carbocycles. The highest BCUT2D eigenvalue weighted by Gasteiger charge is 2.22. The van der Waals surface area contributed by atoms with Crippen LogP contribution in [-0.4, -0.2) is 35.5 Å². The molecule has 1 unspecified atom stereocenters. The summed E-state index contributed by atoms with van der Waals surface area (Å²) in [5.74, 6) is 1.77. The maximum absolute atomic E-state index is 12.8. The van der Waals surface area contributed by atoms with Crippen LogP contribution in [0, 0.1) is 13.8 Å². The summed E-state index contributed by atoms with van der Waals surface area (Å²) in [7, 11) is 0. The van der Waals surface area contributed by atoms with E-state index in [1.807, 2.05) is 64.1 Å². The Morgan fingerprint density at radius 2 is 1.73 bits per heavy atom. The lowest BCUT2D eigenvalue weighted by Gasteiger charge is -2.16. The Bertz CT molecular complexity index is 1080. The molecule has 0 aliphatic heterocycles. The largest absolute Gasteiger partial charge is 0.490 e. The van der Waals surface area contributed by atoms with Gasteiger partial charge in [-0.15, -0.1) is 0 Å². The molecular weight excluding hydrogens is 422 g/mol. The molecule has 1 N–H and O–H groups in total. The van der Waals surface area contributed by atoms with Crippen LogP contribution in [0.1, 0.15) is 44.7 Å². The van der Waals surface area contributed by atoms with Gasteiger partial charge in [-0.25, -0.2) is 4.63 Å². The molecule has 176 valence electrons. The molecule has 1 amide bonds. The van der Waals surface area contributed by atoms with Gasteiger partial charge in [0, 0.05) is 5.56 Å². The molecule has 3 rings (SSSR count). The lowest BCUT2D eigenvalue weighted by Crippen LogP contribution is -2.30. The quantitative estimate of drug-likeness (QED) is 0.419. The molecule has 1 aromatic heterocycles. The third-order valence-electron chi connectivity index (χ3n) is 5.10. The number of nitrogens with one attached hydrogen (secondary N) is 1. The number of aromatic nitrogens is 2. The van der Waals surface area contributed by atoms with Crippen molar-refractivity contribution in [2.45, 2.75) is 53.6 Å². The van der Waals surface area contributed by atoms with Crippen molar-refractivity contribution in [1.29, 1.82) is 0 Å². The van der Waals surface area contributed by atoms with Crippen molar-refractivity contribution >= 4 is 11.7 Å². The third-order valence-corrected chi connectivity index (χ3v) is 5.10. The average Bonchev–Trinajstić information content (AvgIpc) is 3.27. The Hall–Kier alpha value is -3.55.